The van der Waals surface area contributed by atoms with Gasteiger partial charge in [0.05, 0.1) is 10.4 Å². The molecule has 3 aromatic rings. The first-order valence-electron chi connectivity index (χ1n) is 8.31. The van der Waals surface area contributed by atoms with Gasteiger partial charge in [-0.3, -0.25) is 10.1 Å². The maximum atomic E-state index is 10.9. The van der Waals surface area contributed by atoms with E-state index < -0.39 is 0 Å². The van der Waals surface area contributed by atoms with Gasteiger partial charge >= 0.3 is 0 Å². The van der Waals surface area contributed by atoms with Gasteiger partial charge in [-0.25, -0.2) is 4.98 Å². The van der Waals surface area contributed by atoms with Crippen molar-refractivity contribution in [2.24, 2.45) is 0 Å². The first kappa shape index (κ1) is 15.4. The van der Waals surface area contributed by atoms with Crippen LogP contribution < -0.4 is 10.2 Å². The molecule has 0 saturated carbocycles. The van der Waals surface area contributed by atoms with Crippen molar-refractivity contribution in [3.05, 3.63) is 70.8 Å². The predicted octanol–water partition coefficient (Wildman–Crippen LogP) is 3.83. The zero-order valence-corrected chi connectivity index (χ0v) is 13.6. The summed E-state index contributed by atoms with van der Waals surface area (Å²) in [5.41, 5.74) is 2.09. The Labute approximate surface area is 145 Å². The molecule has 2 heterocycles. The van der Waals surface area contributed by atoms with Gasteiger partial charge in [0, 0.05) is 42.3 Å². The van der Waals surface area contributed by atoms with E-state index in [0.717, 1.165) is 36.2 Å². The molecule has 1 aliphatic heterocycles. The SMILES string of the molecule is O=[N+]([O-])c1ccc2nc(NC3CCN(c4ccccc4)C3)ccc2c1. The van der Waals surface area contributed by atoms with Crippen LogP contribution in [0.2, 0.25) is 0 Å². The van der Waals surface area contributed by atoms with Gasteiger partial charge in [-0.2, -0.15) is 0 Å². The highest BCUT2D eigenvalue weighted by molar-refractivity contribution is 5.82. The van der Waals surface area contributed by atoms with E-state index in [9.17, 15) is 10.1 Å². The zero-order valence-electron chi connectivity index (χ0n) is 13.6. The van der Waals surface area contributed by atoms with Gasteiger partial charge in [-0.15, -0.1) is 0 Å². The highest BCUT2D eigenvalue weighted by Gasteiger charge is 2.22. The first-order chi connectivity index (χ1) is 12.2. The number of aromatic nitrogens is 1. The number of hydrogen-bond donors (Lipinski definition) is 1. The van der Waals surface area contributed by atoms with Crippen molar-refractivity contribution in [2.75, 3.05) is 23.3 Å². The fourth-order valence-corrected chi connectivity index (χ4v) is 3.27. The molecular weight excluding hydrogens is 316 g/mol. The van der Waals surface area contributed by atoms with Crippen LogP contribution in [-0.2, 0) is 0 Å². The Morgan fingerprint density at radius 3 is 2.76 bits per heavy atom. The number of pyridine rings is 1. The maximum absolute atomic E-state index is 10.9. The zero-order chi connectivity index (χ0) is 17.2. The van der Waals surface area contributed by atoms with Crippen LogP contribution in [0, 0.1) is 10.1 Å². The van der Waals surface area contributed by atoms with Crippen LogP contribution in [-0.4, -0.2) is 29.0 Å². The second kappa shape index (κ2) is 6.39. The van der Waals surface area contributed by atoms with Crippen LogP contribution in [0.5, 0.6) is 0 Å². The molecule has 0 amide bonds. The summed E-state index contributed by atoms with van der Waals surface area (Å²) in [6.45, 7) is 1.95. The minimum absolute atomic E-state index is 0.0873. The lowest BCUT2D eigenvalue weighted by molar-refractivity contribution is -0.384. The monoisotopic (exact) mass is 334 g/mol. The van der Waals surface area contributed by atoms with E-state index in [1.54, 1.807) is 12.1 Å². The molecule has 1 atom stereocenters. The van der Waals surface area contributed by atoms with Crippen LogP contribution in [0.1, 0.15) is 6.42 Å². The molecule has 126 valence electrons. The number of nitrogens with zero attached hydrogens (tertiary/aromatic N) is 3. The minimum Gasteiger partial charge on any atom is -0.369 e. The molecule has 1 aromatic heterocycles. The number of nitro groups is 1. The van der Waals surface area contributed by atoms with Crippen molar-refractivity contribution in [3.8, 4) is 0 Å². The Hall–Kier alpha value is -3.15. The van der Waals surface area contributed by atoms with Crippen molar-refractivity contribution >= 4 is 28.1 Å². The van der Waals surface area contributed by atoms with Crippen molar-refractivity contribution in [1.82, 2.24) is 4.98 Å². The van der Waals surface area contributed by atoms with Gasteiger partial charge in [0.2, 0.25) is 0 Å². The number of para-hydroxylation sites is 1. The quantitative estimate of drug-likeness (QED) is 0.580. The summed E-state index contributed by atoms with van der Waals surface area (Å²) in [4.78, 5) is 17.4. The molecule has 1 fully saturated rings. The van der Waals surface area contributed by atoms with Gasteiger partial charge in [0.15, 0.2) is 0 Å². The molecule has 6 heteroatoms. The van der Waals surface area contributed by atoms with E-state index in [1.165, 1.54) is 11.8 Å². The molecule has 1 aliphatic rings. The molecule has 1 unspecified atom stereocenters. The largest absolute Gasteiger partial charge is 0.369 e. The molecule has 1 N–H and O–H groups in total. The third-order valence-electron chi connectivity index (χ3n) is 4.55. The Kier molecular flexibility index (Phi) is 3.93. The molecule has 0 bridgehead atoms. The van der Waals surface area contributed by atoms with Crippen LogP contribution in [0.4, 0.5) is 17.2 Å². The summed E-state index contributed by atoms with van der Waals surface area (Å²) >= 11 is 0. The predicted molar refractivity (Wildman–Crippen MR) is 99.1 cm³/mol. The number of nitrogens with one attached hydrogen (secondary N) is 1. The fraction of sp³-hybridized carbons (Fsp3) is 0.211. The van der Waals surface area contributed by atoms with Gasteiger partial charge < -0.3 is 10.2 Å². The molecular formula is C19H18N4O2. The Morgan fingerprint density at radius 2 is 1.96 bits per heavy atom. The number of benzene rings is 2. The third-order valence-corrected chi connectivity index (χ3v) is 4.55. The van der Waals surface area contributed by atoms with Crippen LogP contribution in [0.15, 0.2) is 60.7 Å². The molecule has 1 saturated heterocycles. The summed E-state index contributed by atoms with van der Waals surface area (Å²) in [5.74, 6) is 0.807. The summed E-state index contributed by atoms with van der Waals surface area (Å²) in [6, 6.07) is 19.2. The lowest BCUT2D eigenvalue weighted by Gasteiger charge is -2.19. The Bertz CT molecular complexity index is 914. The number of rotatable bonds is 4. The molecule has 0 aliphatic carbocycles. The normalized spacial score (nSPS) is 17.0. The molecule has 6 nitrogen and oxygen atoms in total. The summed E-state index contributed by atoms with van der Waals surface area (Å²) in [5, 5.41) is 15.1. The van der Waals surface area contributed by atoms with Crippen LogP contribution >= 0.6 is 0 Å². The van der Waals surface area contributed by atoms with E-state index in [0.29, 0.717) is 6.04 Å². The maximum Gasteiger partial charge on any atom is 0.270 e. The number of anilines is 2. The van der Waals surface area contributed by atoms with Gasteiger partial charge in [-0.1, -0.05) is 18.2 Å². The summed E-state index contributed by atoms with van der Waals surface area (Å²) in [7, 11) is 0. The molecule has 0 spiro atoms. The van der Waals surface area contributed by atoms with E-state index >= 15 is 0 Å². The summed E-state index contributed by atoms with van der Waals surface area (Å²) < 4.78 is 0. The van der Waals surface area contributed by atoms with Gasteiger partial charge in [-0.05, 0) is 36.8 Å². The van der Waals surface area contributed by atoms with Gasteiger partial charge in [0.25, 0.3) is 5.69 Å². The van der Waals surface area contributed by atoms with Crippen LogP contribution in [0.25, 0.3) is 10.9 Å². The number of nitro benzene ring substituents is 1. The van der Waals surface area contributed by atoms with Crippen LogP contribution in [0.3, 0.4) is 0 Å². The number of hydrogen-bond acceptors (Lipinski definition) is 5. The second-order valence-electron chi connectivity index (χ2n) is 6.24. The minimum atomic E-state index is -0.387. The van der Waals surface area contributed by atoms with Crippen molar-refractivity contribution < 1.29 is 4.92 Å². The smallest absolute Gasteiger partial charge is 0.270 e. The van der Waals surface area contributed by atoms with Crippen molar-refractivity contribution in [1.29, 1.82) is 0 Å². The first-order valence-corrected chi connectivity index (χ1v) is 8.31. The van der Waals surface area contributed by atoms with E-state index in [2.05, 4.69) is 39.5 Å². The van der Waals surface area contributed by atoms with Gasteiger partial charge in [0.1, 0.15) is 5.82 Å². The Morgan fingerprint density at radius 1 is 1.12 bits per heavy atom. The standard InChI is InChI=1S/C19H18N4O2/c24-23(25)17-7-8-18-14(12-17)6-9-19(21-18)20-15-10-11-22(13-15)16-4-2-1-3-5-16/h1-9,12,15H,10-11,13H2,(H,20,21). The molecule has 4 rings (SSSR count). The molecule has 2 aromatic carbocycles. The van der Waals surface area contributed by atoms with Crippen molar-refractivity contribution in [2.45, 2.75) is 12.5 Å². The number of fused-ring (bicyclic) bond motifs is 1. The average molecular weight is 334 g/mol. The lowest BCUT2D eigenvalue weighted by Crippen LogP contribution is -2.26. The molecule has 25 heavy (non-hydrogen) atoms. The number of non-ortho nitro benzene ring substituents is 1. The fourth-order valence-electron chi connectivity index (χ4n) is 3.27. The molecule has 0 radical (unpaired) electrons. The van der Waals surface area contributed by atoms with Crippen molar-refractivity contribution in [3.63, 3.8) is 0 Å². The second-order valence-corrected chi connectivity index (χ2v) is 6.24. The van der Waals surface area contributed by atoms with E-state index in [1.807, 2.05) is 18.2 Å². The third kappa shape index (κ3) is 3.24. The highest BCUT2D eigenvalue weighted by Crippen LogP contribution is 2.24. The topological polar surface area (TPSA) is 71.3 Å². The van der Waals surface area contributed by atoms with E-state index in [4.69, 9.17) is 0 Å². The lowest BCUT2D eigenvalue weighted by atomic mass is 10.2. The summed E-state index contributed by atoms with van der Waals surface area (Å²) in [6.07, 6.45) is 1.05. The average Bonchev–Trinajstić information content (AvgIpc) is 3.10. The highest BCUT2D eigenvalue weighted by atomic mass is 16.6. The van der Waals surface area contributed by atoms with E-state index in [-0.39, 0.29) is 10.6 Å². The Balaban J connectivity index is 1.48.